The van der Waals surface area contributed by atoms with Crippen LogP contribution in [0.15, 0.2) is 11.4 Å². The third-order valence-electron chi connectivity index (χ3n) is 2.64. The summed E-state index contributed by atoms with van der Waals surface area (Å²) in [5.74, 6) is 7.52. The van der Waals surface area contributed by atoms with Crippen LogP contribution in [0.25, 0.3) is 0 Å². The van der Waals surface area contributed by atoms with Gasteiger partial charge in [0.05, 0.1) is 6.54 Å². The highest BCUT2D eigenvalue weighted by Gasteiger charge is 2.15. The Labute approximate surface area is 108 Å². The Hall–Kier alpha value is -0.670. The van der Waals surface area contributed by atoms with Gasteiger partial charge in [-0.3, -0.25) is 9.11 Å². The van der Waals surface area contributed by atoms with Gasteiger partial charge in [-0.05, 0) is 6.07 Å². The molecule has 1 aromatic heterocycles. The zero-order valence-corrected chi connectivity index (χ0v) is 11.3. The molecule has 2 N–H and O–H groups in total. The molecule has 5 heteroatoms. The van der Waals surface area contributed by atoms with Gasteiger partial charge in [0.1, 0.15) is 0 Å². The van der Waals surface area contributed by atoms with Crippen LogP contribution in [-0.4, -0.2) is 40.2 Å². The van der Waals surface area contributed by atoms with Gasteiger partial charge in [-0.15, -0.1) is 11.3 Å². The molecular formula is C12H16N2OS2. The molecule has 0 aromatic carbocycles. The zero-order valence-electron chi connectivity index (χ0n) is 9.65. The highest BCUT2D eigenvalue weighted by atomic mass is 32.2. The molecule has 3 nitrogen and oxygen atoms in total. The second-order valence-electron chi connectivity index (χ2n) is 3.93. The molecule has 0 saturated carbocycles. The number of rotatable bonds is 2. The zero-order chi connectivity index (χ0) is 12.1. The van der Waals surface area contributed by atoms with Crippen LogP contribution < -0.4 is 5.73 Å². The lowest BCUT2D eigenvalue weighted by Crippen LogP contribution is -2.36. The summed E-state index contributed by atoms with van der Waals surface area (Å²) >= 11 is 1.73. The topological polar surface area (TPSA) is 46.3 Å². The Morgan fingerprint density at radius 1 is 1.47 bits per heavy atom. The normalized spacial score (nSPS) is 17.7. The first-order chi connectivity index (χ1) is 8.28. The molecule has 0 radical (unpaired) electrons. The van der Waals surface area contributed by atoms with Gasteiger partial charge >= 0.3 is 0 Å². The second-order valence-corrected chi connectivity index (χ2v) is 6.62. The minimum atomic E-state index is -0.592. The van der Waals surface area contributed by atoms with E-state index in [1.807, 2.05) is 0 Å². The Morgan fingerprint density at radius 3 is 2.94 bits per heavy atom. The Bertz CT molecular complexity index is 449. The minimum absolute atomic E-state index is 0.406. The molecule has 1 aliphatic heterocycles. The van der Waals surface area contributed by atoms with E-state index in [1.54, 1.807) is 11.3 Å². The van der Waals surface area contributed by atoms with Crippen LogP contribution >= 0.6 is 11.3 Å². The van der Waals surface area contributed by atoms with E-state index in [0.29, 0.717) is 6.54 Å². The average Bonchev–Trinajstić information content (AvgIpc) is 2.77. The average molecular weight is 268 g/mol. The quantitative estimate of drug-likeness (QED) is 0.800. The van der Waals surface area contributed by atoms with Gasteiger partial charge in [-0.1, -0.05) is 11.8 Å². The van der Waals surface area contributed by atoms with E-state index in [4.69, 9.17) is 5.73 Å². The van der Waals surface area contributed by atoms with Crippen LogP contribution in [0.2, 0.25) is 0 Å². The fourth-order valence-electron chi connectivity index (χ4n) is 1.74. The van der Waals surface area contributed by atoms with Crippen molar-refractivity contribution in [2.45, 2.75) is 6.54 Å². The van der Waals surface area contributed by atoms with E-state index in [2.05, 4.69) is 28.2 Å². The van der Waals surface area contributed by atoms with Crippen molar-refractivity contribution in [1.82, 2.24) is 4.90 Å². The van der Waals surface area contributed by atoms with E-state index in [9.17, 15) is 4.21 Å². The fraction of sp³-hybridized carbons (Fsp3) is 0.500. The van der Waals surface area contributed by atoms with Crippen LogP contribution in [-0.2, 0) is 17.3 Å². The second kappa shape index (κ2) is 6.31. The highest BCUT2D eigenvalue weighted by molar-refractivity contribution is 7.85. The first-order valence-electron chi connectivity index (χ1n) is 5.61. The fourth-order valence-corrected chi connectivity index (χ4v) is 3.72. The Kier molecular flexibility index (Phi) is 4.75. The third-order valence-corrected chi connectivity index (χ3v) is 4.84. The van der Waals surface area contributed by atoms with Crippen molar-refractivity contribution in [3.05, 3.63) is 21.9 Å². The van der Waals surface area contributed by atoms with Crippen molar-refractivity contribution in [3.63, 3.8) is 0 Å². The van der Waals surface area contributed by atoms with Crippen LogP contribution in [0.4, 0.5) is 0 Å². The molecule has 1 fully saturated rings. The number of nitrogens with zero attached hydrogens (tertiary/aromatic N) is 1. The summed E-state index contributed by atoms with van der Waals surface area (Å²) in [7, 11) is -0.592. The smallest absolute Gasteiger partial charge is 0.0555 e. The summed E-state index contributed by atoms with van der Waals surface area (Å²) in [6.45, 7) is 3.23. The molecule has 0 spiro atoms. The SMILES string of the molecule is NCC#Cc1csc(CN2CCS(=O)CC2)c1. The first kappa shape index (κ1) is 12.8. The standard InChI is InChI=1S/C12H16N2OS2/c13-3-1-2-11-8-12(16-10-11)9-14-4-6-17(15)7-5-14/h8,10H,3-7,9,13H2. The summed E-state index contributed by atoms with van der Waals surface area (Å²) < 4.78 is 11.2. The number of thiophene rings is 1. The summed E-state index contributed by atoms with van der Waals surface area (Å²) in [5, 5.41) is 2.07. The van der Waals surface area contributed by atoms with E-state index in [1.165, 1.54) is 4.88 Å². The van der Waals surface area contributed by atoms with Crippen molar-refractivity contribution >= 4 is 22.1 Å². The molecule has 2 rings (SSSR count). The van der Waals surface area contributed by atoms with Crippen molar-refractivity contribution in [2.75, 3.05) is 31.1 Å². The third kappa shape index (κ3) is 3.93. The number of hydrogen-bond acceptors (Lipinski definition) is 4. The molecule has 0 atom stereocenters. The molecule has 92 valence electrons. The first-order valence-corrected chi connectivity index (χ1v) is 7.98. The van der Waals surface area contributed by atoms with Crippen molar-refractivity contribution in [2.24, 2.45) is 5.73 Å². The van der Waals surface area contributed by atoms with Crippen molar-refractivity contribution < 1.29 is 4.21 Å². The maximum atomic E-state index is 11.2. The lowest BCUT2D eigenvalue weighted by Gasteiger charge is -2.25. The molecule has 0 amide bonds. The van der Waals surface area contributed by atoms with Gasteiger partial charge in [0, 0.05) is 57.8 Å². The van der Waals surface area contributed by atoms with E-state index in [-0.39, 0.29) is 0 Å². The molecule has 0 aliphatic carbocycles. The number of hydrogen-bond donors (Lipinski definition) is 1. The monoisotopic (exact) mass is 268 g/mol. The van der Waals surface area contributed by atoms with Gasteiger partial charge in [-0.25, -0.2) is 0 Å². The molecule has 0 bridgehead atoms. The minimum Gasteiger partial charge on any atom is -0.320 e. The Balaban J connectivity index is 1.90. The summed E-state index contributed by atoms with van der Waals surface area (Å²) in [6.07, 6.45) is 0. The predicted molar refractivity (Wildman–Crippen MR) is 73.4 cm³/mol. The summed E-state index contributed by atoms with van der Waals surface area (Å²) in [4.78, 5) is 3.67. The van der Waals surface area contributed by atoms with Crippen LogP contribution in [0.1, 0.15) is 10.4 Å². The molecule has 1 aromatic rings. The molecule has 2 heterocycles. The van der Waals surface area contributed by atoms with E-state index in [0.717, 1.165) is 36.7 Å². The van der Waals surface area contributed by atoms with Crippen molar-refractivity contribution in [1.29, 1.82) is 0 Å². The predicted octanol–water partition coefficient (Wildman–Crippen LogP) is 0.623. The van der Waals surface area contributed by atoms with Crippen molar-refractivity contribution in [3.8, 4) is 11.8 Å². The lowest BCUT2D eigenvalue weighted by atomic mass is 10.3. The van der Waals surface area contributed by atoms with Gasteiger partial charge in [0.25, 0.3) is 0 Å². The molecule has 1 saturated heterocycles. The van der Waals surface area contributed by atoms with E-state index < -0.39 is 10.8 Å². The van der Waals surface area contributed by atoms with Gasteiger partial charge < -0.3 is 5.73 Å². The summed E-state index contributed by atoms with van der Waals surface area (Å²) in [5.41, 5.74) is 6.39. The maximum absolute atomic E-state index is 11.2. The Morgan fingerprint density at radius 2 is 2.24 bits per heavy atom. The van der Waals surface area contributed by atoms with Gasteiger partial charge in [0.2, 0.25) is 0 Å². The highest BCUT2D eigenvalue weighted by Crippen LogP contribution is 2.17. The molecule has 17 heavy (non-hydrogen) atoms. The summed E-state index contributed by atoms with van der Waals surface area (Å²) in [6, 6.07) is 2.12. The number of nitrogens with two attached hydrogens (primary N) is 1. The van der Waals surface area contributed by atoms with E-state index >= 15 is 0 Å². The molecule has 0 unspecified atom stereocenters. The van der Waals surface area contributed by atoms with Crippen LogP contribution in [0.5, 0.6) is 0 Å². The lowest BCUT2D eigenvalue weighted by molar-refractivity contribution is 0.294. The maximum Gasteiger partial charge on any atom is 0.0555 e. The van der Waals surface area contributed by atoms with Gasteiger partial charge in [0.15, 0.2) is 0 Å². The largest absolute Gasteiger partial charge is 0.320 e. The van der Waals surface area contributed by atoms with Gasteiger partial charge in [-0.2, -0.15) is 0 Å². The molecular weight excluding hydrogens is 252 g/mol. The van der Waals surface area contributed by atoms with Crippen LogP contribution in [0.3, 0.4) is 0 Å². The van der Waals surface area contributed by atoms with Crippen LogP contribution in [0, 0.1) is 11.8 Å². The molecule has 1 aliphatic rings.